The molecule has 1 saturated heterocycles. The van der Waals surface area contributed by atoms with Gasteiger partial charge in [0.1, 0.15) is 11.4 Å². The third-order valence-electron chi connectivity index (χ3n) is 4.60. The maximum Gasteiger partial charge on any atom is 0.123 e. The van der Waals surface area contributed by atoms with Gasteiger partial charge in [-0.2, -0.15) is 0 Å². The second kappa shape index (κ2) is 5.05. The Morgan fingerprint density at radius 2 is 2.20 bits per heavy atom. The molecule has 0 radical (unpaired) electrons. The van der Waals surface area contributed by atoms with Crippen molar-refractivity contribution in [1.29, 1.82) is 0 Å². The van der Waals surface area contributed by atoms with Crippen LogP contribution in [0.25, 0.3) is 0 Å². The Bertz CT molecular complexity index is 498. The summed E-state index contributed by atoms with van der Waals surface area (Å²) in [6.45, 7) is 7.28. The number of hydrogen-bond donors (Lipinski definition) is 1. The Hall–Kier alpha value is -1.06. The van der Waals surface area contributed by atoms with Crippen LogP contribution in [0.4, 0.5) is 0 Å². The summed E-state index contributed by atoms with van der Waals surface area (Å²) in [5, 5.41) is 0. The van der Waals surface area contributed by atoms with Crippen LogP contribution in [0, 0.1) is 5.92 Å². The molecular weight excluding hydrogens is 250 g/mol. The molecule has 0 amide bonds. The summed E-state index contributed by atoms with van der Waals surface area (Å²) in [5.74, 6) is 1.45. The molecule has 2 N–H and O–H groups in total. The molecule has 3 unspecified atom stereocenters. The summed E-state index contributed by atoms with van der Waals surface area (Å²) in [4.78, 5) is 0. The molecule has 0 saturated carbocycles. The fourth-order valence-corrected chi connectivity index (χ4v) is 3.58. The van der Waals surface area contributed by atoms with Crippen molar-refractivity contribution >= 4 is 0 Å². The summed E-state index contributed by atoms with van der Waals surface area (Å²) in [7, 11) is 0. The van der Waals surface area contributed by atoms with Gasteiger partial charge in [0.2, 0.25) is 0 Å². The molecule has 2 heterocycles. The lowest BCUT2D eigenvalue weighted by Crippen LogP contribution is -2.28. The first-order chi connectivity index (χ1) is 9.50. The quantitative estimate of drug-likeness (QED) is 0.921. The van der Waals surface area contributed by atoms with Gasteiger partial charge in [-0.3, -0.25) is 0 Å². The van der Waals surface area contributed by atoms with Crippen molar-refractivity contribution in [2.75, 3.05) is 6.61 Å². The van der Waals surface area contributed by atoms with Crippen LogP contribution in [0.1, 0.15) is 50.8 Å². The highest BCUT2D eigenvalue weighted by Gasteiger charge is 2.34. The average molecular weight is 275 g/mol. The maximum atomic E-state index is 6.51. The molecule has 0 aromatic heterocycles. The van der Waals surface area contributed by atoms with Crippen molar-refractivity contribution < 1.29 is 9.47 Å². The van der Waals surface area contributed by atoms with Crippen LogP contribution in [0.5, 0.6) is 5.75 Å². The summed E-state index contributed by atoms with van der Waals surface area (Å²) in [6, 6.07) is 6.50. The number of ether oxygens (including phenoxy) is 2. The Morgan fingerprint density at radius 3 is 2.95 bits per heavy atom. The van der Waals surface area contributed by atoms with E-state index in [2.05, 4.69) is 39.0 Å². The van der Waals surface area contributed by atoms with Crippen molar-refractivity contribution in [3.05, 3.63) is 29.3 Å². The van der Waals surface area contributed by atoms with Gasteiger partial charge in [0.25, 0.3) is 0 Å². The fourth-order valence-electron chi connectivity index (χ4n) is 3.58. The molecule has 3 heteroatoms. The highest BCUT2D eigenvalue weighted by Crippen LogP contribution is 2.39. The zero-order chi connectivity index (χ0) is 14.3. The third-order valence-corrected chi connectivity index (χ3v) is 4.60. The molecule has 1 fully saturated rings. The van der Waals surface area contributed by atoms with E-state index >= 15 is 0 Å². The van der Waals surface area contributed by atoms with E-state index in [4.69, 9.17) is 15.2 Å². The normalized spacial score (nSPS) is 29.0. The SMILES string of the molecule is CCC1OCCC1C(N)c1ccc2c(c1)CC(C)(C)O2. The summed E-state index contributed by atoms with van der Waals surface area (Å²) in [6.07, 6.45) is 3.38. The van der Waals surface area contributed by atoms with E-state index in [1.807, 2.05) is 0 Å². The third kappa shape index (κ3) is 2.45. The Labute approximate surface area is 121 Å². The van der Waals surface area contributed by atoms with Crippen LogP contribution in [-0.2, 0) is 11.2 Å². The second-order valence-corrected chi connectivity index (χ2v) is 6.70. The highest BCUT2D eigenvalue weighted by atomic mass is 16.5. The molecule has 1 aromatic carbocycles. The zero-order valence-corrected chi connectivity index (χ0v) is 12.7. The zero-order valence-electron chi connectivity index (χ0n) is 12.7. The lowest BCUT2D eigenvalue weighted by Gasteiger charge is -2.24. The fraction of sp³-hybridized carbons (Fsp3) is 0.647. The van der Waals surface area contributed by atoms with Crippen molar-refractivity contribution in [3.63, 3.8) is 0 Å². The lowest BCUT2D eigenvalue weighted by atomic mass is 9.86. The minimum absolute atomic E-state index is 0.0662. The van der Waals surface area contributed by atoms with E-state index in [1.165, 1.54) is 11.1 Å². The standard InChI is InChI=1S/C17H25NO2/c1-4-14-13(7-8-19-14)16(18)11-5-6-15-12(9-11)10-17(2,3)20-15/h5-6,9,13-14,16H,4,7-8,10,18H2,1-3H3. The van der Waals surface area contributed by atoms with Crippen LogP contribution < -0.4 is 10.5 Å². The van der Waals surface area contributed by atoms with Gasteiger partial charge < -0.3 is 15.2 Å². The van der Waals surface area contributed by atoms with E-state index in [9.17, 15) is 0 Å². The molecular formula is C17H25NO2. The minimum Gasteiger partial charge on any atom is -0.487 e. The maximum absolute atomic E-state index is 6.51. The molecule has 3 nitrogen and oxygen atoms in total. The predicted octanol–water partition coefficient (Wildman–Crippen LogP) is 3.22. The first-order valence-electron chi connectivity index (χ1n) is 7.69. The van der Waals surface area contributed by atoms with E-state index in [0.717, 1.165) is 31.6 Å². The van der Waals surface area contributed by atoms with Crippen LogP contribution in [0.3, 0.4) is 0 Å². The number of benzene rings is 1. The highest BCUT2D eigenvalue weighted by molar-refractivity contribution is 5.42. The number of rotatable bonds is 3. The molecule has 3 atom stereocenters. The molecule has 2 aliphatic heterocycles. The van der Waals surface area contributed by atoms with Crippen LogP contribution in [0.15, 0.2) is 18.2 Å². The predicted molar refractivity (Wildman–Crippen MR) is 79.9 cm³/mol. The second-order valence-electron chi connectivity index (χ2n) is 6.70. The Morgan fingerprint density at radius 1 is 1.40 bits per heavy atom. The molecule has 0 spiro atoms. The first-order valence-corrected chi connectivity index (χ1v) is 7.69. The Kier molecular flexibility index (Phi) is 3.51. The van der Waals surface area contributed by atoms with E-state index in [0.29, 0.717) is 12.0 Å². The van der Waals surface area contributed by atoms with Gasteiger partial charge in [-0.1, -0.05) is 19.1 Å². The van der Waals surface area contributed by atoms with E-state index < -0.39 is 0 Å². The van der Waals surface area contributed by atoms with Crippen molar-refractivity contribution in [2.24, 2.45) is 11.7 Å². The minimum atomic E-state index is -0.0898. The summed E-state index contributed by atoms with van der Waals surface area (Å²) in [5.41, 5.74) is 8.93. The molecule has 110 valence electrons. The first kappa shape index (κ1) is 13.9. The largest absolute Gasteiger partial charge is 0.487 e. The molecule has 3 rings (SSSR count). The lowest BCUT2D eigenvalue weighted by molar-refractivity contribution is 0.0813. The van der Waals surface area contributed by atoms with Crippen molar-refractivity contribution in [2.45, 2.75) is 57.8 Å². The van der Waals surface area contributed by atoms with Gasteiger partial charge in [-0.15, -0.1) is 0 Å². The van der Waals surface area contributed by atoms with Gasteiger partial charge >= 0.3 is 0 Å². The molecule has 0 aliphatic carbocycles. The van der Waals surface area contributed by atoms with Crippen LogP contribution in [-0.4, -0.2) is 18.3 Å². The van der Waals surface area contributed by atoms with E-state index in [-0.39, 0.29) is 11.6 Å². The number of fused-ring (bicyclic) bond motifs is 1. The number of hydrogen-bond acceptors (Lipinski definition) is 3. The summed E-state index contributed by atoms with van der Waals surface area (Å²) < 4.78 is 11.7. The van der Waals surface area contributed by atoms with Crippen LogP contribution >= 0.6 is 0 Å². The number of nitrogens with two attached hydrogens (primary N) is 1. The smallest absolute Gasteiger partial charge is 0.123 e. The van der Waals surface area contributed by atoms with Crippen LogP contribution in [0.2, 0.25) is 0 Å². The molecule has 1 aromatic rings. The van der Waals surface area contributed by atoms with Gasteiger partial charge in [-0.25, -0.2) is 0 Å². The molecule has 0 bridgehead atoms. The monoisotopic (exact) mass is 275 g/mol. The average Bonchev–Trinajstić information content (AvgIpc) is 2.98. The van der Waals surface area contributed by atoms with Crippen molar-refractivity contribution in [1.82, 2.24) is 0 Å². The van der Waals surface area contributed by atoms with E-state index in [1.54, 1.807) is 0 Å². The molecule has 20 heavy (non-hydrogen) atoms. The topological polar surface area (TPSA) is 44.5 Å². The van der Waals surface area contributed by atoms with Gasteiger partial charge in [0.15, 0.2) is 0 Å². The summed E-state index contributed by atoms with van der Waals surface area (Å²) >= 11 is 0. The van der Waals surface area contributed by atoms with Gasteiger partial charge in [0, 0.05) is 25.0 Å². The Balaban J connectivity index is 1.82. The molecule has 2 aliphatic rings. The van der Waals surface area contributed by atoms with Crippen molar-refractivity contribution in [3.8, 4) is 5.75 Å². The van der Waals surface area contributed by atoms with Gasteiger partial charge in [-0.05, 0) is 43.9 Å². The van der Waals surface area contributed by atoms with Gasteiger partial charge in [0.05, 0.1) is 6.10 Å².